The molecule has 0 bridgehead atoms. The molecule has 0 fully saturated rings. The molecule has 3 heteroatoms. The minimum Gasteiger partial charge on any atom is -0.330 e. The van der Waals surface area contributed by atoms with Gasteiger partial charge in [-0.05, 0) is 43.7 Å². The predicted molar refractivity (Wildman–Crippen MR) is 64.7 cm³/mol. The maximum Gasteiger partial charge on any atom is 0.126 e. The predicted octanol–water partition coefficient (Wildman–Crippen LogP) is 3.35. The van der Waals surface area contributed by atoms with Crippen LogP contribution >= 0.6 is 11.8 Å². The average Bonchev–Trinajstić information content (AvgIpc) is 2.10. The molecule has 0 atom stereocenters. The largest absolute Gasteiger partial charge is 0.330 e. The van der Waals surface area contributed by atoms with Crippen molar-refractivity contribution in [2.45, 2.75) is 36.8 Å². The highest BCUT2D eigenvalue weighted by Gasteiger charge is 2.18. The van der Waals surface area contributed by atoms with E-state index in [-0.39, 0.29) is 10.6 Å². The fourth-order valence-electron chi connectivity index (χ4n) is 1.40. The summed E-state index contributed by atoms with van der Waals surface area (Å²) in [4.78, 5) is 1.10. The Morgan fingerprint density at radius 1 is 1.40 bits per heavy atom. The van der Waals surface area contributed by atoms with Gasteiger partial charge in [0.1, 0.15) is 5.82 Å². The Balaban J connectivity index is 2.76. The third kappa shape index (κ3) is 3.84. The lowest BCUT2D eigenvalue weighted by molar-refractivity contribution is 0.616. The first kappa shape index (κ1) is 12.5. The van der Waals surface area contributed by atoms with E-state index in [0.717, 1.165) is 11.3 Å². The van der Waals surface area contributed by atoms with Crippen molar-refractivity contribution in [1.29, 1.82) is 0 Å². The highest BCUT2D eigenvalue weighted by atomic mass is 32.2. The van der Waals surface area contributed by atoms with Gasteiger partial charge in [0.2, 0.25) is 0 Å². The second-order valence-electron chi connectivity index (χ2n) is 4.31. The summed E-state index contributed by atoms with van der Waals surface area (Å²) in [5.74, 6) is -0.143. The maximum absolute atomic E-state index is 13.1. The molecule has 0 aliphatic heterocycles. The quantitative estimate of drug-likeness (QED) is 0.798. The lowest BCUT2D eigenvalue weighted by Crippen LogP contribution is -2.19. The van der Waals surface area contributed by atoms with Gasteiger partial charge in [0, 0.05) is 9.64 Å². The van der Waals surface area contributed by atoms with Crippen LogP contribution in [0.2, 0.25) is 0 Å². The average molecular weight is 227 g/mol. The van der Waals surface area contributed by atoms with Crippen molar-refractivity contribution in [3.8, 4) is 0 Å². The molecule has 2 N–H and O–H groups in total. The van der Waals surface area contributed by atoms with Gasteiger partial charge < -0.3 is 5.73 Å². The first-order chi connectivity index (χ1) is 6.94. The molecule has 0 aliphatic rings. The van der Waals surface area contributed by atoms with E-state index >= 15 is 0 Å². The van der Waals surface area contributed by atoms with Crippen LogP contribution in [0.5, 0.6) is 0 Å². The summed E-state index contributed by atoms with van der Waals surface area (Å²) in [7, 11) is 0. The fourth-order valence-corrected chi connectivity index (χ4v) is 2.63. The van der Waals surface area contributed by atoms with Crippen molar-refractivity contribution in [3.63, 3.8) is 0 Å². The van der Waals surface area contributed by atoms with Crippen LogP contribution in [0.25, 0.3) is 0 Å². The maximum atomic E-state index is 13.1. The molecule has 0 aromatic heterocycles. The molecular weight excluding hydrogens is 209 g/mol. The fraction of sp³-hybridized carbons (Fsp3) is 0.500. The molecule has 0 heterocycles. The summed E-state index contributed by atoms with van der Waals surface area (Å²) in [6.07, 6.45) is 0.952. The van der Waals surface area contributed by atoms with Gasteiger partial charge in [-0.2, -0.15) is 0 Å². The van der Waals surface area contributed by atoms with Crippen molar-refractivity contribution in [2.24, 2.45) is 5.73 Å². The van der Waals surface area contributed by atoms with Gasteiger partial charge in [-0.15, -0.1) is 11.8 Å². The number of thioether (sulfide) groups is 1. The lowest BCUT2D eigenvalue weighted by atomic mass is 10.1. The molecule has 1 rings (SSSR count). The normalized spacial score (nSPS) is 11.8. The molecule has 0 radical (unpaired) electrons. The third-order valence-electron chi connectivity index (χ3n) is 2.27. The summed E-state index contributed by atoms with van der Waals surface area (Å²) < 4.78 is 13.2. The summed E-state index contributed by atoms with van der Waals surface area (Å²) in [6.45, 7) is 6.78. The van der Waals surface area contributed by atoms with Gasteiger partial charge in [0.15, 0.2) is 0 Å². The van der Waals surface area contributed by atoms with Gasteiger partial charge in [-0.1, -0.05) is 13.8 Å². The second-order valence-corrected chi connectivity index (χ2v) is 6.09. The molecular formula is C12H18FNS. The minimum atomic E-state index is -0.143. The Morgan fingerprint density at radius 3 is 2.60 bits per heavy atom. The van der Waals surface area contributed by atoms with Crippen molar-refractivity contribution >= 4 is 11.8 Å². The Hall–Kier alpha value is -0.540. The topological polar surface area (TPSA) is 26.0 Å². The molecule has 84 valence electrons. The highest BCUT2D eigenvalue weighted by molar-refractivity contribution is 8.00. The molecule has 1 aromatic rings. The van der Waals surface area contributed by atoms with Gasteiger partial charge in [-0.25, -0.2) is 4.39 Å². The molecule has 1 aromatic carbocycles. The summed E-state index contributed by atoms with van der Waals surface area (Å²) >= 11 is 1.75. The summed E-state index contributed by atoms with van der Waals surface area (Å²) in [5.41, 5.74) is 6.25. The Bertz CT molecular complexity index is 336. The Labute approximate surface area is 95.2 Å². The van der Waals surface area contributed by atoms with E-state index in [0.29, 0.717) is 12.1 Å². The molecule has 0 amide bonds. The van der Waals surface area contributed by atoms with Crippen LogP contribution in [-0.2, 0) is 0 Å². The van der Waals surface area contributed by atoms with Crippen molar-refractivity contribution in [3.05, 3.63) is 29.6 Å². The van der Waals surface area contributed by atoms with E-state index in [9.17, 15) is 4.39 Å². The first-order valence-electron chi connectivity index (χ1n) is 5.10. The van der Waals surface area contributed by atoms with Crippen LogP contribution < -0.4 is 5.73 Å². The van der Waals surface area contributed by atoms with Crippen molar-refractivity contribution < 1.29 is 4.39 Å². The van der Waals surface area contributed by atoms with Gasteiger partial charge in [0.05, 0.1) is 0 Å². The van der Waals surface area contributed by atoms with E-state index < -0.39 is 0 Å². The summed E-state index contributed by atoms with van der Waals surface area (Å²) in [5, 5.41) is 0. The minimum absolute atomic E-state index is 0.110. The number of halogens is 1. The Morgan fingerprint density at radius 2 is 2.07 bits per heavy atom. The molecule has 0 unspecified atom stereocenters. The lowest BCUT2D eigenvalue weighted by Gasteiger charge is -2.23. The summed E-state index contributed by atoms with van der Waals surface area (Å²) in [6, 6.07) is 5.24. The number of nitrogens with two attached hydrogens (primary N) is 1. The second kappa shape index (κ2) is 4.99. The van der Waals surface area contributed by atoms with E-state index in [1.54, 1.807) is 18.7 Å². The number of hydrogen-bond donors (Lipinski definition) is 1. The van der Waals surface area contributed by atoms with Gasteiger partial charge in [-0.3, -0.25) is 0 Å². The van der Waals surface area contributed by atoms with Crippen LogP contribution in [-0.4, -0.2) is 11.3 Å². The smallest absolute Gasteiger partial charge is 0.126 e. The molecule has 0 saturated heterocycles. The van der Waals surface area contributed by atoms with Crippen LogP contribution in [0.3, 0.4) is 0 Å². The molecule has 0 spiro atoms. The van der Waals surface area contributed by atoms with E-state index in [1.165, 1.54) is 6.07 Å². The zero-order chi connectivity index (χ0) is 11.5. The number of aryl methyl sites for hydroxylation is 1. The van der Waals surface area contributed by atoms with Gasteiger partial charge in [0.25, 0.3) is 0 Å². The van der Waals surface area contributed by atoms with Crippen LogP contribution in [0.15, 0.2) is 23.1 Å². The van der Waals surface area contributed by atoms with Gasteiger partial charge >= 0.3 is 0 Å². The van der Waals surface area contributed by atoms with Crippen LogP contribution in [0.1, 0.15) is 25.8 Å². The first-order valence-corrected chi connectivity index (χ1v) is 5.91. The zero-order valence-corrected chi connectivity index (χ0v) is 10.3. The Kier molecular flexibility index (Phi) is 4.17. The number of benzene rings is 1. The molecule has 0 aliphatic carbocycles. The molecule has 15 heavy (non-hydrogen) atoms. The SMILES string of the molecule is Cc1cc(SC(C)(C)CCN)ccc1F. The van der Waals surface area contributed by atoms with Crippen LogP contribution in [0.4, 0.5) is 4.39 Å². The zero-order valence-electron chi connectivity index (χ0n) is 9.51. The van der Waals surface area contributed by atoms with E-state index in [2.05, 4.69) is 13.8 Å². The highest BCUT2D eigenvalue weighted by Crippen LogP contribution is 2.35. The van der Waals surface area contributed by atoms with Crippen molar-refractivity contribution in [1.82, 2.24) is 0 Å². The number of hydrogen-bond acceptors (Lipinski definition) is 2. The monoisotopic (exact) mass is 227 g/mol. The molecule has 1 nitrogen and oxygen atoms in total. The van der Waals surface area contributed by atoms with E-state index in [1.807, 2.05) is 12.1 Å². The van der Waals surface area contributed by atoms with Crippen LogP contribution in [0, 0.1) is 12.7 Å². The standard InChI is InChI=1S/C12H18FNS/c1-9-8-10(4-5-11(9)13)15-12(2,3)6-7-14/h4-5,8H,6-7,14H2,1-3H3. The van der Waals surface area contributed by atoms with E-state index in [4.69, 9.17) is 5.73 Å². The van der Waals surface area contributed by atoms with Crippen molar-refractivity contribution in [2.75, 3.05) is 6.54 Å². The third-order valence-corrected chi connectivity index (χ3v) is 3.52. The molecule has 0 saturated carbocycles. The number of rotatable bonds is 4.